The Morgan fingerprint density at radius 3 is 2.03 bits per heavy atom. The molecule has 4 aliphatic rings. The first-order valence-electron chi connectivity index (χ1n) is 11.1. The number of allylic oxidation sites excluding steroid dienone is 5. The zero-order valence-corrected chi connectivity index (χ0v) is 19.2. The fourth-order valence-corrected chi connectivity index (χ4v) is 16.4. The fraction of sp³-hybridized carbons (Fsp3) is 0.143. The molecule has 0 N–H and O–H groups in total. The van der Waals surface area contributed by atoms with Gasteiger partial charge in [0.1, 0.15) is 14.3 Å². The second-order valence-electron chi connectivity index (χ2n) is 9.25. The summed E-state index contributed by atoms with van der Waals surface area (Å²) in [6.07, 6.45) is 8.43. The van der Waals surface area contributed by atoms with Crippen LogP contribution in [0.2, 0.25) is 0 Å². The van der Waals surface area contributed by atoms with E-state index in [4.69, 9.17) is 0 Å². The zero-order valence-electron chi connectivity index (χ0n) is 17.4. The van der Waals surface area contributed by atoms with Crippen LogP contribution in [0.1, 0.15) is 22.4 Å². The highest BCUT2D eigenvalue weighted by Gasteiger charge is 2.77. The molecule has 2 nitrogen and oxygen atoms in total. The van der Waals surface area contributed by atoms with E-state index >= 15 is 9.13 Å². The molecule has 1 spiro atoms. The van der Waals surface area contributed by atoms with Gasteiger partial charge in [-0.05, 0) is 22.5 Å². The van der Waals surface area contributed by atoms with E-state index in [1.807, 2.05) is 78.6 Å². The minimum absolute atomic E-state index is 0.185. The molecule has 1 aliphatic carbocycles. The van der Waals surface area contributed by atoms with Gasteiger partial charge in [0.2, 0.25) is 0 Å². The maximum Gasteiger partial charge on any atom is 0.141 e. The Kier molecular flexibility index (Phi) is 3.67. The molecule has 32 heavy (non-hydrogen) atoms. The highest BCUT2D eigenvalue weighted by Crippen LogP contribution is 2.94. The van der Waals surface area contributed by atoms with Crippen LogP contribution in [0.5, 0.6) is 0 Å². The third-order valence-electron chi connectivity index (χ3n) is 7.97. The van der Waals surface area contributed by atoms with Crippen LogP contribution in [0.25, 0.3) is 0 Å². The molecular formula is C28H22O2P2. The first-order valence-corrected chi connectivity index (χ1v) is 14.8. The second-order valence-corrected chi connectivity index (χ2v) is 15.0. The van der Waals surface area contributed by atoms with Crippen LogP contribution in [-0.2, 0) is 9.13 Å². The summed E-state index contributed by atoms with van der Waals surface area (Å²) in [5.74, 6) is 2.05. The molecule has 3 aromatic rings. The van der Waals surface area contributed by atoms with Crippen molar-refractivity contribution in [3.8, 4) is 0 Å². The predicted molar refractivity (Wildman–Crippen MR) is 132 cm³/mol. The average molecular weight is 452 g/mol. The van der Waals surface area contributed by atoms with Crippen molar-refractivity contribution in [1.29, 1.82) is 0 Å². The van der Waals surface area contributed by atoms with E-state index in [2.05, 4.69) is 36.4 Å². The van der Waals surface area contributed by atoms with Crippen LogP contribution in [0.4, 0.5) is 0 Å². The Labute approximate surface area is 188 Å². The van der Waals surface area contributed by atoms with Crippen LogP contribution >= 0.6 is 14.3 Å². The lowest BCUT2D eigenvalue weighted by atomic mass is 9.66. The van der Waals surface area contributed by atoms with Gasteiger partial charge in [0.05, 0.1) is 11.3 Å². The minimum Gasteiger partial charge on any atom is -0.317 e. The molecule has 156 valence electrons. The molecule has 3 aromatic carbocycles. The SMILES string of the molecule is O=P1(c2ccccc2)C=C2C=CC=C[C@]23[C@H]1[C@@H]1c2ccccc2[C@H]3P1(=O)c1ccccc1. The van der Waals surface area contributed by atoms with Crippen molar-refractivity contribution < 1.29 is 9.13 Å². The summed E-state index contributed by atoms with van der Waals surface area (Å²) in [7, 11) is -5.93. The Balaban J connectivity index is 1.60. The van der Waals surface area contributed by atoms with Crippen molar-refractivity contribution in [1.82, 2.24) is 0 Å². The van der Waals surface area contributed by atoms with E-state index in [1.165, 1.54) is 5.56 Å². The lowest BCUT2D eigenvalue weighted by Crippen LogP contribution is -2.37. The minimum atomic E-state index is -2.98. The van der Waals surface area contributed by atoms with Crippen molar-refractivity contribution in [3.05, 3.63) is 132 Å². The lowest BCUT2D eigenvalue weighted by Gasteiger charge is -2.41. The number of fused-ring (bicyclic) bond motifs is 6. The summed E-state index contributed by atoms with van der Waals surface area (Å²) < 4.78 is 30.4. The van der Waals surface area contributed by atoms with Gasteiger partial charge in [0.25, 0.3) is 0 Å². The molecule has 7 rings (SSSR count). The molecule has 4 heteroatoms. The Bertz CT molecular complexity index is 1450. The van der Waals surface area contributed by atoms with Gasteiger partial charge in [-0.1, -0.05) is 109 Å². The quantitative estimate of drug-likeness (QED) is 0.413. The summed E-state index contributed by atoms with van der Waals surface area (Å²) in [5, 5.41) is 1.79. The highest BCUT2D eigenvalue weighted by atomic mass is 31.2. The van der Waals surface area contributed by atoms with Crippen LogP contribution < -0.4 is 10.6 Å². The zero-order chi connectivity index (χ0) is 21.6. The monoisotopic (exact) mass is 452 g/mol. The first-order chi connectivity index (χ1) is 15.6. The van der Waals surface area contributed by atoms with E-state index in [-0.39, 0.29) is 17.0 Å². The van der Waals surface area contributed by atoms with Crippen LogP contribution in [0.3, 0.4) is 0 Å². The molecule has 1 saturated heterocycles. The van der Waals surface area contributed by atoms with Crippen molar-refractivity contribution in [2.24, 2.45) is 5.41 Å². The molecule has 6 atom stereocenters. The molecule has 3 heterocycles. The first kappa shape index (κ1) is 18.9. The summed E-state index contributed by atoms with van der Waals surface area (Å²) in [6, 6.07) is 28.2. The van der Waals surface area contributed by atoms with E-state index < -0.39 is 19.7 Å². The van der Waals surface area contributed by atoms with Gasteiger partial charge in [0, 0.05) is 21.7 Å². The maximum absolute atomic E-state index is 15.4. The lowest BCUT2D eigenvalue weighted by molar-refractivity contribution is 0.427. The van der Waals surface area contributed by atoms with Crippen molar-refractivity contribution in [2.45, 2.75) is 17.0 Å². The molecule has 0 saturated carbocycles. The van der Waals surface area contributed by atoms with Crippen LogP contribution in [0.15, 0.2) is 121 Å². The Morgan fingerprint density at radius 2 is 1.31 bits per heavy atom. The summed E-state index contributed by atoms with van der Waals surface area (Å²) >= 11 is 0. The van der Waals surface area contributed by atoms with Crippen molar-refractivity contribution in [3.63, 3.8) is 0 Å². The molecule has 0 radical (unpaired) electrons. The van der Waals surface area contributed by atoms with E-state index in [1.54, 1.807) is 0 Å². The molecule has 0 amide bonds. The number of hydrogen-bond acceptors (Lipinski definition) is 2. The average Bonchev–Trinajstić information content (AvgIpc) is 3.36. The van der Waals surface area contributed by atoms with Gasteiger partial charge < -0.3 is 9.13 Å². The van der Waals surface area contributed by atoms with E-state index in [9.17, 15) is 0 Å². The van der Waals surface area contributed by atoms with E-state index in [0.29, 0.717) is 0 Å². The van der Waals surface area contributed by atoms with E-state index in [0.717, 1.165) is 21.7 Å². The molecule has 0 aromatic heterocycles. The largest absolute Gasteiger partial charge is 0.317 e. The normalized spacial score (nSPS) is 37.6. The predicted octanol–water partition coefficient (Wildman–Crippen LogP) is 6.55. The van der Waals surface area contributed by atoms with Crippen LogP contribution in [-0.4, -0.2) is 5.66 Å². The third kappa shape index (κ3) is 2.00. The highest BCUT2D eigenvalue weighted by molar-refractivity contribution is 7.79. The fourth-order valence-electron chi connectivity index (χ4n) is 6.95. The maximum atomic E-state index is 15.4. The van der Waals surface area contributed by atoms with Gasteiger partial charge in [0.15, 0.2) is 0 Å². The van der Waals surface area contributed by atoms with Gasteiger partial charge >= 0.3 is 0 Å². The topological polar surface area (TPSA) is 34.1 Å². The molecule has 3 aliphatic heterocycles. The Morgan fingerprint density at radius 1 is 0.688 bits per heavy atom. The second kappa shape index (κ2) is 6.22. The molecule has 2 bridgehead atoms. The third-order valence-corrected chi connectivity index (χ3v) is 15.5. The number of benzene rings is 3. The Hall–Kier alpha value is -2.66. The number of hydrogen-bond donors (Lipinski definition) is 0. The molecule has 1 fully saturated rings. The van der Waals surface area contributed by atoms with Crippen molar-refractivity contribution >= 4 is 24.9 Å². The standard InChI is InChI=1S/C28H22O2P2/c29-31(21-12-3-1-4-13-21)19-20-11-9-10-18-28(20)26-24-17-8-7-16-23(24)25(27(28)31)32(26,30)22-14-5-2-6-15-22/h1-19,25-27H/t25-,26+,27+,28-,31?,32?/m0/s1. The van der Waals surface area contributed by atoms with Crippen LogP contribution in [0, 0.1) is 5.41 Å². The molecule has 2 unspecified atom stereocenters. The smallest absolute Gasteiger partial charge is 0.141 e. The van der Waals surface area contributed by atoms with Gasteiger partial charge in [-0.3, -0.25) is 0 Å². The summed E-state index contributed by atoms with van der Waals surface area (Å²) in [5.41, 5.74) is 2.24. The van der Waals surface area contributed by atoms with Gasteiger partial charge in [-0.25, -0.2) is 0 Å². The van der Waals surface area contributed by atoms with Gasteiger partial charge in [-0.2, -0.15) is 0 Å². The van der Waals surface area contributed by atoms with Gasteiger partial charge in [-0.15, -0.1) is 0 Å². The number of rotatable bonds is 2. The molecular weight excluding hydrogens is 430 g/mol. The van der Waals surface area contributed by atoms with Crippen molar-refractivity contribution in [2.75, 3.05) is 0 Å². The summed E-state index contributed by atoms with van der Waals surface area (Å²) in [4.78, 5) is 0. The summed E-state index contributed by atoms with van der Waals surface area (Å²) in [6.45, 7) is 0.